The number of likely N-dealkylation sites (tertiary alicyclic amines) is 1. The third-order valence-corrected chi connectivity index (χ3v) is 6.11. The van der Waals surface area contributed by atoms with Gasteiger partial charge in [0, 0.05) is 18.4 Å². The number of pyridine rings is 1. The van der Waals surface area contributed by atoms with Crippen LogP contribution in [-0.4, -0.2) is 34.9 Å². The number of hydrogen-bond donors (Lipinski definition) is 0. The molecule has 2 fully saturated rings. The first kappa shape index (κ1) is 25.1. The van der Waals surface area contributed by atoms with Crippen molar-refractivity contribution in [3.8, 4) is 0 Å². The first-order valence-electron chi connectivity index (χ1n) is 11.8. The molecule has 4 rings (SSSR count). The molecule has 3 aliphatic rings. The molecule has 1 saturated carbocycles. The molecule has 1 aromatic heterocycles. The lowest BCUT2D eigenvalue weighted by atomic mass is 9.73. The van der Waals surface area contributed by atoms with Gasteiger partial charge in [0.05, 0.1) is 16.7 Å². The summed E-state index contributed by atoms with van der Waals surface area (Å²) in [6.07, 6.45) is 9.55. The van der Waals surface area contributed by atoms with Crippen molar-refractivity contribution in [3.05, 3.63) is 40.9 Å². The number of ether oxygens (including phenoxy) is 1. The summed E-state index contributed by atoms with van der Waals surface area (Å²) in [5.74, 6) is 0.789. The highest BCUT2D eigenvalue weighted by atomic mass is 16.5. The predicted molar refractivity (Wildman–Crippen MR) is 124 cm³/mol. The molecule has 1 aliphatic carbocycles. The lowest BCUT2D eigenvalue weighted by molar-refractivity contribution is -0.138. The van der Waals surface area contributed by atoms with Crippen molar-refractivity contribution in [1.29, 1.82) is 0 Å². The minimum Gasteiger partial charge on any atom is -0.456 e. The highest BCUT2D eigenvalue weighted by Crippen LogP contribution is 2.46. The van der Waals surface area contributed by atoms with E-state index in [1.165, 1.54) is 12.0 Å². The fourth-order valence-corrected chi connectivity index (χ4v) is 4.23. The van der Waals surface area contributed by atoms with E-state index in [2.05, 4.69) is 38.7 Å². The third-order valence-electron chi connectivity index (χ3n) is 6.11. The van der Waals surface area contributed by atoms with Crippen LogP contribution in [-0.2, 0) is 20.7 Å². The number of aromatic nitrogens is 1. The Bertz CT molecular complexity index is 772. The second-order valence-corrected chi connectivity index (χ2v) is 9.59. The molecule has 2 aliphatic heterocycles. The van der Waals surface area contributed by atoms with Crippen molar-refractivity contribution < 1.29 is 14.3 Å². The molecule has 1 spiro atoms. The molecular weight excluding hydrogens is 388 g/mol. The first-order valence-corrected chi connectivity index (χ1v) is 11.8. The van der Waals surface area contributed by atoms with Gasteiger partial charge in [0.1, 0.15) is 6.61 Å². The molecule has 1 amide bonds. The summed E-state index contributed by atoms with van der Waals surface area (Å²) in [6, 6.07) is 4.15. The highest BCUT2D eigenvalue weighted by Gasteiger charge is 2.48. The summed E-state index contributed by atoms with van der Waals surface area (Å²) < 4.78 is 5.01. The summed E-state index contributed by atoms with van der Waals surface area (Å²) >= 11 is 0. The maximum atomic E-state index is 12.6. The largest absolute Gasteiger partial charge is 0.456 e. The van der Waals surface area contributed by atoms with E-state index in [1.54, 1.807) is 6.92 Å². The van der Waals surface area contributed by atoms with Crippen LogP contribution < -0.4 is 0 Å². The smallest absolute Gasteiger partial charge is 0.336 e. The number of nitrogens with zero attached hydrogens (tertiary/aromatic N) is 2. The average molecular weight is 429 g/mol. The molecule has 5 heteroatoms. The highest BCUT2D eigenvalue weighted by molar-refractivity contribution is 5.94. The van der Waals surface area contributed by atoms with Gasteiger partial charge in [0.15, 0.2) is 0 Å². The fourth-order valence-electron chi connectivity index (χ4n) is 4.23. The molecule has 5 nitrogen and oxygen atoms in total. The van der Waals surface area contributed by atoms with Crippen LogP contribution >= 0.6 is 0 Å². The average Bonchev–Trinajstić information content (AvgIpc) is 3.23. The van der Waals surface area contributed by atoms with Gasteiger partial charge in [-0.2, -0.15) is 0 Å². The van der Waals surface area contributed by atoms with Crippen LogP contribution in [0.3, 0.4) is 0 Å². The summed E-state index contributed by atoms with van der Waals surface area (Å²) in [4.78, 5) is 30.0. The summed E-state index contributed by atoms with van der Waals surface area (Å²) in [6.45, 7) is 13.4. The number of rotatable bonds is 2. The Labute approximate surface area is 188 Å². The van der Waals surface area contributed by atoms with Gasteiger partial charge >= 0.3 is 5.97 Å². The van der Waals surface area contributed by atoms with E-state index < -0.39 is 0 Å². The number of carbonyl (C=O) groups is 2. The lowest BCUT2D eigenvalue weighted by Crippen LogP contribution is -2.36. The molecule has 0 bridgehead atoms. The van der Waals surface area contributed by atoms with E-state index >= 15 is 0 Å². The van der Waals surface area contributed by atoms with Crippen LogP contribution in [0.5, 0.6) is 0 Å². The van der Waals surface area contributed by atoms with Gasteiger partial charge in [-0.25, -0.2) is 4.79 Å². The zero-order valence-corrected chi connectivity index (χ0v) is 20.3. The molecule has 0 radical (unpaired) electrons. The third kappa shape index (κ3) is 6.65. The van der Waals surface area contributed by atoms with E-state index in [1.807, 2.05) is 24.1 Å². The quantitative estimate of drug-likeness (QED) is 0.574. The number of hydrogen-bond acceptors (Lipinski definition) is 4. The Morgan fingerprint density at radius 2 is 1.71 bits per heavy atom. The SMILES string of the molecule is CC(C)C.CC1=C(N2CCC3(CCCCC3)C2=O)COC1=O.CCc1ccc(C)nc1. The Kier molecular flexibility index (Phi) is 9.27. The van der Waals surface area contributed by atoms with E-state index in [0.717, 1.165) is 62.4 Å². The van der Waals surface area contributed by atoms with Gasteiger partial charge in [-0.1, -0.05) is 53.0 Å². The van der Waals surface area contributed by atoms with Gasteiger partial charge in [-0.05, 0) is 57.1 Å². The van der Waals surface area contributed by atoms with Crippen LogP contribution in [0, 0.1) is 18.3 Å². The normalized spacial score (nSPS) is 19.8. The fraction of sp³-hybridized carbons (Fsp3) is 0.654. The Morgan fingerprint density at radius 3 is 2.19 bits per heavy atom. The number of aryl methyl sites for hydroxylation is 2. The molecule has 0 atom stereocenters. The Hall–Kier alpha value is -2.17. The predicted octanol–water partition coefficient (Wildman–Crippen LogP) is 5.61. The molecule has 172 valence electrons. The van der Waals surface area contributed by atoms with Crippen LogP contribution in [0.1, 0.15) is 84.4 Å². The number of amides is 1. The van der Waals surface area contributed by atoms with Gasteiger partial charge in [0.2, 0.25) is 5.91 Å². The standard InChI is InChI=1S/C14H19NO3.C8H11N.C4H10/c1-10-11(9-18-12(10)16)15-8-7-14(13(15)17)5-3-2-4-6-14;1-3-8-5-4-7(2)9-6-8;1-4(2)3/h2-9H2,1H3;4-6H,3H2,1-2H3;4H,1-3H3. The molecule has 1 saturated heterocycles. The molecule has 31 heavy (non-hydrogen) atoms. The van der Waals surface area contributed by atoms with E-state index in [0.29, 0.717) is 5.57 Å². The minimum atomic E-state index is -0.276. The Morgan fingerprint density at radius 1 is 1.06 bits per heavy atom. The molecule has 0 N–H and O–H groups in total. The number of cyclic esters (lactones) is 1. The van der Waals surface area contributed by atoms with E-state index in [-0.39, 0.29) is 23.9 Å². The van der Waals surface area contributed by atoms with Crippen LogP contribution in [0.4, 0.5) is 0 Å². The second-order valence-electron chi connectivity index (χ2n) is 9.59. The zero-order chi connectivity index (χ0) is 23.0. The molecule has 0 unspecified atom stereocenters. The maximum Gasteiger partial charge on any atom is 0.336 e. The van der Waals surface area contributed by atoms with E-state index in [4.69, 9.17) is 4.74 Å². The monoisotopic (exact) mass is 428 g/mol. The maximum absolute atomic E-state index is 12.6. The van der Waals surface area contributed by atoms with Crippen LogP contribution in [0.15, 0.2) is 29.6 Å². The van der Waals surface area contributed by atoms with Crippen molar-refractivity contribution in [1.82, 2.24) is 9.88 Å². The van der Waals surface area contributed by atoms with Crippen molar-refractivity contribution in [2.75, 3.05) is 13.2 Å². The van der Waals surface area contributed by atoms with Gasteiger partial charge in [-0.3, -0.25) is 9.78 Å². The van der Waals surface area contributed by atoms with Gasteiger partial charge in [-0.15, -0.1) is 0 Å². The second kappa shape index (κ2) is 11.4. The summed E-state index contributed by atoms with van der Waals surface area (Å²) in [7, 11) is 0. The van der Waals surface area contributed by atoms with Crippen LogP contribution in [0.25, 0.3) is 0 Å². The number of esters is 1. The first-order chi connectivity index (χ1) is 14.7. The van der Waals surface area contributed by atoms with Gasteiger partial charge in [0.25, 0.3) is 0 Å². The lowest BCUT2D eigenvalue weighted by Gasteiger charge is -2.31. The van der Waals surface area contributed by atoms with Crippen LogP contribution in [0.2, 0.25) is 0 Å². The topological polar surface area (TPSA) is 59.5 Å². The zero-order valence-electron chi connectivity index (χ0n) is 20.3. The number of carbonyl (C=O) groups excluding carboxylic acids is 2. The molecular formula is C26H40N2O3. The van der Waals surface area contributed by atoms with Crippen molar-refractivity contribution >= 4 is 11.9 Å². The summed E-state index contributed by atoms with van der Waals surface area (Å²) in [5.41, 5.74) is 3.67. The Balaban J connectivity index is 0.000000220. The van der Waals surface area contributed by atoms with Gasteiger partial charge < -0.3 is 9.64 Å². The van der Waals surface area contributed by atoms with Crippen molar-refractivity contribution in [2.45, 2.75) is 86.5 Å². The van der Waals surface area contributed by atoms with E-state index in [9.17, 15) is 9.59 Å². The molecule has 0 aromatic carbocycles. The minimum absolute atomic E-state index is 0.128. The van der Waals surface area contributed by atoms with Crippen molar-refractivity contribution in [3.63, 3.8) is 0 Å². The summed E-state index contributed by atoms with van der Waals surface area (Å²) in [5, 5.41) is 0. The van der Waals surface area contributed by atoms with Crippen molar-refractivity contribution in [2.24, 2.45) is 11.3 Å². The molecule has 3 heterocycles. The molecule has 1 aromatic rings.